The summed E-state index contributed by atoms with van der Waals surface area (Å²) in [6, 6.07) is 21.1. The van der Waals surface area contributed by atoms with Gasteiger partial charge >= 0.3 is 0 Å². The van der Waals surface area contributed by atoms with E-state index in [0.29, 0.717) is 47.4 Å². The lowest BCUT2D eigenvalue weighted by Gasteiger charge is -2.25. The zero-order chi connectivity index (χ0) is 22.9. The van der Waals surface area contributed by atoms with Gasteiger partial charge in [0.25, 0.3) is 5.91 Å². The molecular formula is C27H23NO5. The van der Waals surface area contributed by atoms with E-state index < -0.39 is 6.04 Å². The minimum atomic E-state index is -0.642. The Labute approximate surface area is 190 Å². The molecule has 0 fully saturated rings. The molecule has 1 aliphatic rings. The Balaban J connectivity index is 1.65. The number of hydrogen-bond donors (Lipinski definition) is 1. The zero-order valence-corrected chi connectivity index (χ0v) is 18.2. The number of phenols is 1. The fourth-order valence-corrected chi connectivity index (χ4v) is 4.41. The molecule has 0 saturated heterocycles. The molecule has 2 heterocycles. The van der Waals surface area contributed by atoms with E-state index in [2.05, 4.69) is 0 Å². The second-order valence-electron chi connectivity index (χ2n) is 7.97. The summed E-state index contributed by atoms with van der Waals surface area (Å²) >= 11 is 0. The van der Waals surface area contributed by atoms with Crippen molar-refractivity contribution in [1.29, 1.82) is 0 Å². The number of phenolic OH excluding ortho intramolecular Hbond substituents is 1. The van der Waals surface area contributed by atoms with Crippen LogP contribution in [0.3, 0.4) is 0 Å². The third-order valence-corrected chi connectivity index (χ3v) is 5.96. The van der Waals surface area contributed by atoms with Crippen LogP contribution in [0.25, 0.3) is 11.0 Å². The minimum Gasteiger partial charge on any atom is -0.504 e. The average molecular weight is 441 g/mol. The molecule has 166 valence electrons. The lowest BCUT2D eigenvalue weighted by atomic mass is 9.98. The third kappa shape index (κ3) is 3.63. The zero-order valence-electron chi connectivity index (χ0n) is 18.2. The Morgan fingerprint density at radius 1 is 1.00 bits per heavy atom. The Kier molecular flexibility index (Phi) is 5.34. The van der Waals surface area contributed by atoms with E-state index in [1.165, 1.54) is 6.07 Å². The molecule has 3 aromatic carbocycles. The van der Waals surface area contributed by atoms with Gasteiger partial charge in [-0.05, 0) is 48.7 Å². The van der Waals surface area contributed by atoms with Crippen molar-refractivity contribution in [3.63, 3.8) is 0 Å². The van der Waals surface area contributed by atoms with Crippen LogP contribution in [-0.2, 0) is 6.42 Å². The Morgan fingerprint density at radius 2 is 1.76 bits per heavy atom. The summed E-state index contributed by atoms with van der Waals surface area (Å²) in [6.45, 7) is 2.60. The number of carbonyl (C=O) groups excluding carboxylic acids is 1. The molecule has 0 spiro atoms. The molecule has 1 atom stereocenters. The number of hydrogen-bond acceptors (Lipinski definition) is 5. The fraction of sp³-hybridized carbons (Fsp3) is 0.185. The molecule has 1 aromatic heterocycles. The van der Waals surface area contributed by atoms with Gasteiger partial charge in [0.2, 0.25) is 5.76 Å². The van der Waals surface area contributed by atoms with Crippen molar-refractivity contribution >= 4 is 16.9 Å². The van der Waals surface area contributed by atoms with E-state index in [4.69, 9.17) is 9.15 Å². The quantitative estimate of drug-likeness (QED) is 0.470. The number of amides is 1. The maximum Gasteiger partial charge on any atom is 0.290 e. The molecule has 1 aliphatic heterocycles. The summed E-state index contributed by atoms with van der Waals surface area (Å²) in [5, 5.41) is 10.6. The first-order valence-corrected chi connectivity index (χ1v) is 10.9. The third-order valence-electron chi connectivity index (χ3n) is 5.96. The van der Waals surface area contributed by atoms with Crippen molar-refractivity contribution in [1.82, 2.24) is 4.90 Å². The molecule has 1 N–H and O–H groups in total. The van der Waals surface area contributed by atoms with Crippen LogP contribution in [-0.4, -0.2) is 29.1 Å². The van der Waals surface area contributed by atoms with Crippen molar-refractivity contribution in [2.24, 2.45) is 0 Å². The number of aromatic hydroxyl groups is 1. The van der Waals surface area contributed by atoms with E-state index >= 15 is 0 Å². The van der Waals surface area contributed by atoms with Crippen LogP contribution in [0.2, 0.25) is 0 Å². The molecule has 0 aliphatic carbocycles. The number of ether oxygens (including phenoxy) is 1. The lowest BCUT2D eigenvalue weighted by Crippen LogP contribution is -2.31. The average Bonchev–Trinajstić information content (AvgIpc) is 3.12. The van der Waals surface area contributed by atoms with Crippen LogP contribution in [0.4, 0.5) is 0 Å². The lowest BCUT2D eigenvalue weighted by molar-refractivity contribution is 0.0730. The summed E-state index contributed by atoms with van der Waals surface area (Å²) in [5.74, 6) is 0.0678. The summed E-state index contributed by atoms with van der Waals surface area (Å²) in [5.41, 5.74) is 2.25. The first-order valence-electron chi connectivity index (χ1n) is 10.9. The molecule has 1 amide bonds. The largest absolute Gasteiger partial charge is 0.504 e. The van der Waals surface area contributed by atoms with Crippen LogP contribution in [0.15, 0.2) is 82.0 Å². The SMILES string of the molecule is CCOc1cc(C2c3c(oc4ccccc4c3=O)C(=O)N2CCc2ccccc2)ccc1O. The predicted octanol–water partition coefficient (Wildman–Crippen LogP) is 4.69. The van der Waals surface area contributed by atoms with Gasteiger partial charge in [-0.15, -0.1) is 0 Å². The van der Waals surface area contributed by atoms with Crippen LogP contribution in [0.5, 0.6) is 11.5 Å². The highest BCUT2D eigenvalue weighted by molar-refractivity contribution is 5.99. The summed E-state index contributed by atoms with van der Waals surface area (Å²) < 4.78 is 11.5. The maximum absolute atomic E-state index is 13.5. The van der Waals surface area contributed by atoms with Gasteiger partial charge in [0.15, 0.2) is 16.9 Å². The van der Waals surface area contributed by atoms with Crippen molar-refractivity contribution < 1.29 is 19.1 Å². The summed E-state index contributed by atoms with van der Waals surface area (Å²) in [7, 11) is 0. The molecule has 4 aromatic rings. The van der Waals surface area contributed by atoms with E-state index in [1.807, 2.05) is 37.3 Å². The normalized spacial score (nSPS) is 15.1. The monoisotopic (exact) mass is 441 g/mol. The molecular weight excluding hydrogens is 418 g/mol. The first-order chi connectivity index (χ1) is 16.1. The van der Waals surface area contributed by atoms with Gasteiger partial charge in [-0.2, -0.15) is 0 Å². The van der Waals surface area contributed by atoms with Crippen LogP contribution in [0.1, 0.15) is 40.2 Å². The standard InChI is InChI=1S/C27H23NO5/c1-2-32-22-16-18(12-13-20(22)29)24-23-25(30)19-10-6-7-11-21(19)33-26(23)27(31)28(24)15-14-17-8-4-3-5-9-17/h3-13,16,24,29H,2,14-15H2,1H3. The Hall–Kier alpha value is -4.06. The number of rotatable bonds is 6. The van der Waals surface area contributed by atoms with Crippen LogP contribution in [0, 0.1) is 0 Å². The van der Waals surface area contributed by atoms with Gasteiger partial charge in [0.1, 0.15) is 5.58 Å². The van der Waals surface area contributed by atoms with Gasteiger partial charge in [-0.1, -0.05) is 48.5 Å². The second-order valence-corrected chi connectivity index (χ2v) is 7.97. The molecule has 5 rings (SSSR count). The minimum absolute atomic E-state index is 0.00604. The maximum atomic E-state index is 13.5. The topological polar surface area (TPSA) is 80.0 Å². The fourth-order valence-electron chi connectivity index (χ4n) is 4.41. The van der Waals surface area contributed by atoms with Gasteiger partial charge in [0, 0.05) is 6.54 Å². The molecule has 1 unspecified atom stereocenters. The highest BCUT2D eigenvalue weighted by Gasteiger charge is 2.42. The van der Waals surface area contributed by atoms with Crippen LogP contribution < -0.4 is 10.2 Å². The first kappa shape index (κ1) is 20.8. The van der Waals surface area contributed by atoms with Gasteiger partial charge < -0.3 is 19.2 Å². The van der Waals surface area contributed by atoms with E-state index in [-0.39, 0.29) is 22.8 Å². The van der Waals surface area contributed by atoms with E-state index in [9.17, 15) is 14.7 Å². The molecule has 0 saturated carbocycles. The molecule has 0 bridgehead atoms. The highest BCUT2D eigenvalue weighted by atomic mass is 16.5. The molecule has 33 heavy (non-hydrogen) atoms. The van der Waals surface area contributed by atoms with Gasteiger partial charge in [-0.3, -0.25) is 9.59 Å². The van der Waals surface area contributed by atoms with E-state index in [0.717, 1.165) is 5.56 Å². The molecule has 6 heteroatoms. The number of para-hydroxylation sites is 1. The van der Waals surface area contributed by atoms with E-state index in [1.54, 1.807) is 41.3 Å². The highest BCUT2D eigenvalue weighted by Crippen LogP contribution is 2.40. The van der Waals surface area contributed by atoms with Crippen molar-refractivity contribution in [3.8, 4) is 11.5 Å². The second kappa shape index (κ2) is 8.47. The summed E-state index contributed by atoms with van der Waals surface area (Å²) in [6.07, 6.45) is 0.626. The smallest absolute Gasteiger partial charge is 0.290 e. The predicted molar refractivity (Wildman–Crippen MR) is 125 cm³/mol. The number of nitrogens with zero attached hydrogens (tertiary/aromatic N) is 1. The van der Waals surface area contributed by atoms with Crippen molar-refractivity contribution in [3.05, 3.63) is 105 Å². The number of benzene rings is 3. The van der Waals surface area contributed by atoms with Crippen molar-refractivity contribution in [2.75, 3.05) is 13.2 Å². The Morgan fingerprint density at radius 3 is 2.55 bits per heavy atom. The molecule has 0 radical (unpaired) electrons. The van der Waals surface area contributed by atoms with Crippen LogP contribution >= 0.6 is 0 Å². The van der Waals surface area contributed by atoms with Crippen molar-refractivity contribution in [2.45, 2.75) is 19.4 Å². The number of fused-ring (bicyclic) bond motifs is 2. The Bertz CT molecular complexity index is 1390. The number of carbonyl (C=O) groups is 1. The van der Waals surface area contributed by atoms with Gasteiger partial charge in [-0.25, -0.2) is 0 Å². The van der Waals surface area contributed by atoms with Gasteiger partial charge in [0.05, 0.1) is 23.6 Å². The molecule has 6 nitrogen and oxygen atoms in total. The summed E-state index contributed by atoms with van der Waals surface area (Å²) in [4.78, 5) is 28.7.